The summed E-state index contributed by atoms with van der Waals surface area (Å²) in [5, 5.41) is 16.6. The van der Waals surface area contributed by atoms with Crippen molar-refractivity contribution in [3.8, 4) is 0 Å². The Morgan fingerprint density at radius 2 is 1.58 bits per heavy atom. The number of alkyl halides is 3. The summed E-state index contributed by atoms with van der Waals surface area (Å²) in [5.41, 5.74) is 5.37. The Morgan fingerprint density at radius 3 is 2.06 bits per heavy atom. The number of amides is 3. The number of nitrogens with one attached hydrogen (secondary N) is 4. The zero-order chi connectivity index (χ0) is 27.7. The van der Waals surface area contributed by atoms with Crippen LogP contribution in [-0.4, -0.2) is 71.9 Å². The quantitative estimate of drug-likeness (QED) is 0.0574. The number of piperazine rings is 1. The molecule has 2 rings (SSSR count). The Kier molecular flexibility index (Phi) is 10.6. The van der Waals surface area contributed by atoms with Crippen LogP contribution < -0.4 is 32.4 Å². The van der Waals surface area contributed by atoms with Gasteiger partial charge in [0.25, 0.3) is 0 Å². The zero-order valence-corrected chi connectivity index (χ0v) is 19.1. The summed E-state index contributed by atoms with van der Waals surface area (Å²) in [6.07, 6.45) is 0.714. The SMILES string of the molecule is NC(N)=[NH+]CCC[C@@H]1NC(=O)[C@H](CC(=O)Nc2ccc(C(=O)O)cc2)NC1=O.O=S(=O)([O-])C(F)(F)F. The number of carbonyl (C=O) groups excluding carboxylic acids is 3. The predicted molar refractivity (Wildman–Crippen MR) is 115 cm³/mol. The van der Waals surface area contributed by atoms with Crippen LogP contribution in [0.5, 0.6) is 0 Å². The molecule has 2 atom stereocenters. The molecule has 1 aliphatic rings. The van der Waals surface area contributed by atoms with E-state index in [0.29, 0.717) is 25.1 Å². The average molecular weight is 540 g/mol. The number of halogens is 3. The molecule has 1 aromatic rings. The van der Waals surface area contributed by atoms with Crippen molar-refractivity contribution in [3.05, 3.63) is 29.8 Å². The van der Waals surface area contributed by atoms with Gasteiger partial charge in [-0.25, -0.2) is 13.2 Å². The van der Waals surface area contributed by atoms with Gasteiger partial charge >= 0.3 is 17.4 Å². The lowest BCUT2D eigenvalue weighted by Gasteiger charge is -2.29. The minimum Gasteiger partial charge on any atom is -0.741 e. The Balaban J connectivity index is 0.000000697. The molecular formula is C18H23F3N6O8S. The monoisotopic (exact) mass is 540 g/mol. The Hall–Kier alpha value is -3.93. The van der Waals surface area contributed by atoms with E-state index in [-0.39, 0.29) is 23.9 Å². The van der Waals surface area contributed by atoms with Crippen LogP contribution in [0.4, 0.5) is 18.9 Å². The molecule has 0 saturated carbocycles. The number of carbonyl (C=O) groups is 4. The molecule has 0 spiro atoms. The lowest BCUT2D eigenvalue weighted by Crippen LogP contribution is -2.78. The van der Waals surface area contributed by atoms with Gasteiger partial charge in [-0.1, -0.05) is 0 Å². The average Bonchev–Trinajstić information content (AvgIpc) is 2.73. The van der Waals surface area contributed by atoms with Gasteiger partial charge in [-0.05, 0) is 37.1 Å². The van der Waals surface area contributed by atoms with Crippen molar-refractivity contribution >= 4 is 45.5 Å². The molecule has 1 aliphatic heterocycles. The number of nitrogens with two attached hydrogens (primary N) is 2. The fraction of sp³-hybridized carbons (Fsp3) is 0.389. The van der Waals surface area contributed by atoms with Gasteiger partial charge in [0.1, 0.15) is 12.1 Å². The number of rotatable bonds is 8. The molecule has 14 nitrogen and oxygen atoms in total. The summed E-state index contributed by atoms with van der Waals surface area (Å²) >= 11 is 0. The van der Waals surface area contributed by atoms with E-state index in [9.17, 15) is 32.3 Å². The second-order valence-electron chi connectivity index (χ2n) is 7.18. The number of hydrogen-bond donors (Lipinski definition) is 7. The standard InChI is InChI=1S/C17H22N6O5.CHF3O3S/c18-17(19)20-7-1-2-11-14(25)23-12(15(26)22-11)8-13(24)21-10-5-3-9(4-6-10)16(27)28;2-1(3,4)8(5,6)7/h3-6,11-12H,1-2,7-8H2,(H,21,24)(H,22,26)(H,23,25)(H,27,28)(H4,18,19,20);(H,5,6,7)/t11-,12-;/m0./s1. The third-order valence-electron chi connectivity index (χ3n) is 4.35. The molecule has 200 valence electrons. The molecule has 36 heavy (non-hydrogen) atoms. The summed E-state index contributed by atoms with van der Waals surface area (Å²) in [4.78, 5) is 50.0. The van der Waals surface area contributed by atoms with E-state index in [2.05, 4.69) is 20.9 Å². The fourth-order valence-corrected chi connectivity index (χ4v) is 2.66. The van der Waals surface area contributed by atoms with Crippen molar-refractivity contribution in [2.75, 3.05) is 11.9 Å². The third kappa shape index (κ3) is 10.1. The lowest BCUT2D eigenvalue weighted by molar-refractivity contribution is -0.459. The first-order chi connectivity index (χ1) is 16.5. The maximum atomic E-state index is 12.2. The van der Waals surface area contributed by atoms with Crippen molar-refractivity contribution < 1.29 is 55.4 Å². The molecule has 1 saturated heterocycles. The van der Waals surface area contributed by atoms with Crippen molar-refractivity contribution in [3.63, 3.8) is 0 Å². The zero-order valence-electron chi connectivity index (χ0n) is 18.3. The van der Waals surface area contributed by atoms with Gasteiger partial charge in [0.05, 0.1) is 18.5 Å². The van der Waals surface area contributed by atoms with Gasteiger partial charge < -0.3 is 25.6 Å². The van der Waals surface area contributed by atoms with E-state index < -0.39 is 45.5 Å². The Labute approximate surface area is 202 Å². The van der Waals surface area contributed by atoms with Gasteiger partial charge in [-0.15, -0.1) is 0 Å². The number of carboxylic acid groups (broad SMARTS) is 1. The van der Waals surface area contributed by atoms with E-state index in [4.69, 9.17) is 29.5 Å². The predicted octanol–water partition coefficient (Wildman–Crippen LogP) is -3.12. The van der Waals surface area contributed by atoms with Gasteiger partial charge in [-0.2, -0.15) is 13.2 Å². The van der Waals surface area contributed by atoms with Crippen LogP contribution in [0.2, 0.25) is 0 Å². The highest BCUT2D eigenvalue weighted by Crippen LogP contribution is 2.20. The second kappa shape index (κ2) is 12.7. The van der Waals surface area contributed by atoms with Gasteiger partial charge in [-0.3, -0.25) is 30.8 Å². The highest BCUT2D eigenvalue weighted by Gasteiger charge is 2.37. The summed E-state index contributed by atoms with van der Waals surface area (Å²) in [6, 6.07) is 3.92. The molecule has 18 heteroatoms. The molecule has 1 aromatic carbocycles. The third-order valence-corrected chi connectivity index (χ3v) is 4.92. The van der Waals surface area contributed by atoms with E-state index in [1.807, 2.05) is 0 Å². The molecule has 0 aromatic heterocycles. The van der Waals surface area contributed by atoms with Crippen LogP contribution in [0.1, 0.15) is 29.6 Å². The van der Waals surface area contributed by atoms with Gasteiger partial charge in [0, 0.05) is 5.69 Å². The van der Waals surface area contributed by atoms with Crippen LogP contribution in [0, 0.1) is 0 Å². The van der Waals surface area contributed by atoms with Crippen LogP contribution in [-0.2, 0) is 24.5 Å². The summed E-state index contributed by atoms with van der Waals surface area (Å²) in [6.45, 7) is 0.467. The Morgan fingerprint density at radius 1 is 1.08 bits per heavy atom. The molecule has 0 bridgehead atoms. The molecular weight excluding hydrogens is 517 g/mol. The molecule has 0 radical (unpaired) electrons. The van der Waals surface area contributed by atoms with Crippen LogP contribution >= 0.6 is 0 Å². The van der Waals surface area contributed by atoms with E-state index in [1.165, 1.54) is 24.3 Å². The number of benzene rings is 1. The van der Waals surface area contributed by atoms with Crippen LogP contribution in [0.15, 0.2) is 24.3 Å². The summed E-state index contributed by atoms with van der Waals surface area (Å²) in [7, 11) is -6.09. The smallest absolute Gasteiger partial charge is 0.485 e. The minimum atomic E-state index is -6.09. The van der Waals surface area contributed by atoms with Crippen molar-refractivity contribution in [1.29, 1.82) is 0 Å². The van der Waals surface area contributed by atoms with Crippen LogP contribution in [0.3, 0.4) is 0 Å². The Bertz CT molecular complexity index is 1100. The van der Waals surface area contributed by atoms with E-state index in [1.54, 1.807) is 0 Å². The minimum absolute atomic E-state index is 0.0841. The largest absolute Gasteiger partial charge is 0.741 e. The van der Waals surface area contributed by atoms with E-state index >= 15 is 0 Å². The molecule has 1 heterocycles. The highest BCUT2D eigenvalue weighted by atomic mass is 32.2. The second-order valence-corrected chi connectivity index (χ2v) is 8.55. The summed E-state index contributed by atoms with van der Waals surface area (Å²) in [5.74, 6) is -2.29. The first kappa shape index (κ1) is 30.1. The van der Waals surface area contributed by atoms with Crippen molar-refractivity contribution in [2.45, 2.75) is 36.9 Å². The maximum Gasteiger partial charge on any atom is 0.485 e. The number of aromatic carboxylic acids is 1. The van der Waals surface area contributed by atoms with Crippen molar-refractivity contribution in [2.24, 2.45) is 11.5 Å². The molecule has 9 N–H and O–H groups in total. The van der Waals surface area contributed by atoms with Crippen molar-refractivity contribution in [1.82, 2.24) is 10.6 Å². The first-order valence-corrected chi connectivity index (χ1v) is 11.3. The van der Waals surface area contributed by atoms with Gasteiger partial charge in [0.2, 0.25) is 17.7 Å². The lowest BCUT2D eigenvalue weighted by atomic mass is 10.0. The molecule has 3 amide bonds. The normalized spacial score (nSPS) is 17.6. The van der Waals surface area contributed by atoms with Crippen LogP contribution in [0.25, 0.3) is 0 Å². The first-order valence-electron chi connectivity index (χ1n) is 9.89. The number of hydrogen-bond acceptors (Lipinski definition) is 7. The highest BCUT2D eigenvalue weighted by molar-refractivity contribution is 7.86. The number of anilines is 1. The molecule has 0 aliphatic carbocycles. The topological polar surface area (TPSA) is 248 Å². The maximum absolute atomic E-state index is 12.2. The fourth-order valence-electron chi connectivity index (χ4n) is 2.66. The molecule has 0 unspecified atom stereocenters. The molecule has 1 fully saturated rings. The van der Waals surface area contributed by atoms with E-state index in [0.717, 1.165) is 0 Å². The summed E-state index contributed by atoms with van der Waals surface area (Å²) < 4.78 is 58.9. The van der Waals surface area contributed by atoms with Gasteiger partial charge in [0.15, 0.2) is 10.1 Å². The number of carboxylic acids is 1. The number of guanidine groups is 1.